The quantitative estimate of drug-likeness (QED) is 0.520. The summed E-state index contributed by atoms with van der Waals surface area (Å²) in [6.45, 7) is 9.79. The summed E-state index contributed by atoms with van der Waals surface area (Å²) in [6, 6.07) is 0.297. The maximum absolute atomic E-state index is 7.21. The van der Waals surface area contributed by atoms with Crippen LogP contribution in [-0.2, 0) is 4.74 Å². The number of ether oxygens (including phenoxy) is 1. The Labute approximate surface area is 93.3 Å². The predicted octanol–water partition coefficient (Wildman–Crippen LogP) is 1.45. The van der Waals surface area contributed by atoms with E-state index in [-0.39, 0.29) is 11.4 Å². The van der Waals surface area contributed by atoms with Crippen LogP contribution in [0.5, 0.6) is 0 Å². The Morgan fingerprint density at radius 2 is 2.00 bits per heavy atom. The molecule has 0 aromatic heterocycles. The van der Waals surface area contributed by atoms with E-state index in [0.717, 1.165) is 6.54 Å². The highest BCUT2D eigenvalue weighted by Crippen LogP contribution is 2.07. The fraction of sp³-hybridized carbons (Fsp3) is 0.909. The molecule has 0 rings (SSSR count). The van der Waals surface area contributed by atoms with Gasteiger partial charge in [0, 0.05) is 19.0 Å². The van der Waals surface area contributed by atoms with E-state index >= 15 is 0 Å². The van der Waals surface area contributed by atoms with Crippen LogP contribution in [0.1, 0.15) is 34.1 Å². The smallest absolute Gasteiger partial charge is 0.0920 e. The minimum absolute atomic E-state index is 0.0787. The van der Waals surface area contributed by atoms with Crippen LogP contribution < -0.4 is 5.73 Å². The van der Waals surface area contributed by atoms with Crippen molar-refractivity contribution in [3.63, 3.8) is 0 Å². The number of nitrogens with zero attached hydrogens (tertiary/aromatic N) is 1. The molecule has 3 N–H and O–H groups in total. The van der Waals surface area contributed by atoms with Crippen molar-refractivity contribution in [2.24, 2.45) is 5.73 Å². The maximum Gasteiger partial charge on any atom is 0.0920 e. The first-order valence-electron chi connectivity index (χ1n) is 5.39. The fourth-order valence-corrected chi connectivity index (χ4v) is 1.19. The number of nitrogens with one attached hydrogen (secondary N) is 1. The van der Waals surface area contributed by atoms with Gasteiger partial charge in [-0.05, 0) is 34.7 Å². The molecule has 0 spiro atoms. The van der Waals surface area contributed by atoms with Crippen LogP contribution in [0.3, 0.4) is 0 Å². The molecule has 0 aliphatic carbocycles. The second kappa shape index (κ2) is 6.08. The second-order valence-corrected chi connectivity index (χ2v) is 5.02. The first-order chi connectivity index (χ1) is 6.72. The van der Waals surface area contributed by atoms with Gasteiger partial charge in [0.2, 0.25) is 0 Å². The molecule has 0 aliphatic heterocycles. The number of nitrogens with two attached hydrogens (primary N) is 1. The molecule has 1 atom stereocenters. The van der Waals surface area contributed by atoms with Crippen LogP contribution in [-0.4, -0.2) is 42.6 Å². The van der Waals surface area contributed by atoms with Gasteiger partial charge in [-0.25, -0.2) is 0 Å². The van der Waals surface area contributed by atoms with E-state index in [1.165, 1.54) is 0 Å². The molecule has 0 amide bonds. The van der Waals surface area contributed by atoms with Crippen molar-refractivity contribution in [2.45, 2.75) is 45.8 Å². The van der Waals surface area contributed by atoms with E-state index in [2.05, 4.69) is 11.8 Å². The highest BCUT2D eigenvalue weighted by atomic mass is 16.5. The molecule has 0 heterocycles. The van der Waals surface area contributed by atoms with Crippen LogP contribution in [0.15, 0.2) is 0 Å². The Kier molecular flexibility index (Phi) is 5.83. The second-order valence-electron chi connectivity index (χ2n) is 5.02. The van der Waals surface area contributed by atoms with Crippen LogP contribution >= 0.6 is 0 Å². The number of amidine groups is 1. The van der Waals surface area contributed by atoms with Gasteiger partial charge in [-0.1, -0.05) is 0 Å². The summed E-state index contributed by atoms with van der Waals surface area (Å²) in [5.41, 5.74) is 5.28. The molecule has 0 bridgehead atoms. The van der Waals surface area contributed by atoms with Crippen molar-refractivity contribution in [1.29, 1.82) is 5.41 Å². The van der Waals surface area contributed by atoms with Crippen molar-refractivity contribution >= 4 is 5.84 Å². The Bertz CT molecular complexity index is 198. The van der Waals surface area contributed by atoms with E-state index in [1.54, 1.807) is 0 Å². The molecule has 0 saturated carbocycles. The van der Waals surface area contributed by atoms with Crippen LogP contribution in [0.4, 0.5) is 0 Å². The summed E-state index contributed by atoms with van der Waals surface area (Å²) >= 11 is 0. The van der Waals surface area contributed by atoms with Crippen molar-refractivity contribution in [3.8, 4) is 0 Å². The summed E-state index contributed by atoms with van der Waals surface area (Å²) < 4.78 is 5.63. The van der Waals surface area contributed by atoms with Crippen molar-refractivity contribution < 1.29 is 4.74 Å². The van der Waals surface area contributed by atoms with E-state index in [0.29, 0.717) is 19.1 Å². The summed E-state index contributed by atoms with van der Waals surface area (Å²) in [6.07, 6.45) is 0.617. The molecule has 0 aliphatic rings. The Balaban J connectivity index is 3.73. The number of hydrogen-bond donors (Lipinski definition) is 2. The molecule has 0 saturated heterocycles. The van der Waals surface area contributed by atoms with Crippen molar-refractivity contribution in [1.82, 2.24) is 4.90 Å². The Hall–Kier alpha value is -0.610. The van der Waals surface area contributed by atoms with Gasteiger partial charge in [-0.3, -0.25) is 5.41 Å². The minimum Gasteiger partial charge on any atom is -0.388 e. The third-order valence-corrected chi connectivity index (χ3v) is 2.25. The Morgan fingerprint density at radius 1 is 1.47 bits per heavy atom. The molecular formula is C11H25N3O. The SMILES string of the molecule is CC(CC(=N)N)N(C)CCOC(C)(C)C. The third kappa shape index (κ3) is 8.39. The lowest BCUT2D eigenvalue weighted by molar-refractivity contribution is -0.0135. The van der Waals surface area contributed by atoms with E-state index in [9.17, 15) is 0 Å². The van der Waals surface area contributed by atoms with Crippen molar-refractivity contribution in [3.05, 3.63) is 0 Å². The average molecular weight is 215 g/mol. The van der Waals surface area contributed by atoms with Gasteiger partial charge in [0.1, 0.15) is 0 Å². The molecule has 0 aromatic carbocycles. The van der Waals surface area contributed by atoms with Gasteiger partial charge in [0.15, 0.2) is 0 Å². The largest absolute Gasteiger partial charge is 0.388 e. The van der Waals surface area contributed by atoms with Crippen LogP contribution in [0, 0.1) is 5.41 Å². The molecule has 0 aromatic rings. The van der Waals surface area contributed by atoms with Gasteiger partial charge in [-0.2, -0.15) is 0 Å². The van der Waals surface area contributed by atoms with Crippen LogP contribution in [0.2, 0.25) is 0 Å². The average Bonchev–Trinajstić information content (AvgIpc) is 2.00. The third-order valence-electron chi connectivity index (χ3n) is 2.25. The van der Waals surface area contributed by atoms with Crippen LogP contribution in [0.25, 0.3) is 0 Å². The normalized spacial score (nSPS) is 14.3. The summed E-state index contributed by atoms with van der Waals surface area (Å²) in [4.78, 5) is 2.16. The van der Waals surface area contributed by atoms with E-state index < -0.39 is 0 Å². The van der Waals surface area contributed by atoms with Gasteiger partial charge >= 0.3 is 0 Å². The van der Waals surface area contributed by atoms with E-state index in [4.69, 9.17) is 15.9 Å². The first kappa shape index (κ1) is 14.4. The predicted molar refractivity (Wildman–Crippen MR) is 64.3 cm³/mol. The molecule has 4 heteroatoms. The fourth-order valence-electron chi connectivity index (χ4n) is 1.19. The first-order valence-corrected chi connectivity index (χ1v) is 5.39. The highest BCUT2D eigenvalue weighted by molar-refractivity contribution is 5.77. The zero-order valence-electron chi connectivity index (χ0n) is 10.6. The molecular weight excluding hydrogens is 190 g/mol. The minimum atomic E-state index is -0.0787. The molecule has 4 nitrogen and oxygen atoms in total. The molecule has 0 fully saturated rings. The zero-order chi connectivity index (χ0) is 12.1. The summed E-state index contributed by atoms with van der Waals surface area (Å²) in [7, 11) is 2.03. The van der Waals surface area contributed by atoms with E-state index in [1.807, 2.05) is 27.8 Å². The zero-order valence-corrected chi connectivity index (χ0v) is 10.6. The molecule has 90 valence electrons. The number of likely N-dealkylation sites (N-methyl/N-ethyl adjacent to an activating group) is 1. The lowest BCUT2D eigenvalue weighted by atomic mass is 10.2. The highest BCUT2D eigenvalue weighted by Gasteiger charge is 2.13. The number of hydrogen-bond acceptors (Lipinski definition) is 3. The standard InChI is InChI=1S/C11H25N3O/c1-9(8-10(12)13)14(5)6-7-15-11(2,3)4/h9H,6-8H2,1-5H3,(H3,12,13). The molecule has 1 unspecified atom stereocenters. The van der Waals surface area contributed by atoms with Crippen molar-refractivity contribution in [2.75, 3.05) is 20.2 Å². The Morgan fingerprint density at radius 3 is 2.40 bits per heavy atom. The lowest BCUT2D eigenvalue weighted by Gasteiger charge is -2.26. The lowest BCUT2D eigenvalue weighted by Crippen LogP contribution is -2.36. The molecule has 0 radical (unpaired) electrons. The van der Waals surface area contributed by atoms with Gasteiger partial charge in [-0.15, -0.1) is 0 Å². The van der Waals surface area contributed by atoms with Gasteiger partial charge in [0.05, 0.1) is 18.0 Å². The number of rotatable bonds is 6. The van der Waals surface area contributed by atoms with Gasteiger partial charge < -0.3 is 15.4 Å². The maximum atomic E-state index is 7.21. The summed E-state index contributed by atoms with van der Waals surface area (Å²) in [5.74, 6) is 0.242. The topological polar surface area (TPSA) is 62.3 Å². The monoisotopic (exact) mass is 215 g/mol. The van der Waals surface area contributed by atoms with Gasteiger partial charge in [0.25, 0.3) is 0 Å². The summed E-state index contributed by atoms with van der Waals surface area (Å²) in [5, 5.41) is 7.21. The molecule has 15 heavy (non-hydrogen) atoms.